The number of benzene rings is 2. The molecule has 0 bridgehead atoms. The maximum absolute atomic E-state index is 13.1. The Hall–Kier alpha value is -2.18. The zero-order valence-electron chi connectivity index (χ0n) is 20.8. The van der Waals surface area contributed by atoms with Gasteiger partial charge in [-0.15, -0.1) is 0 Å². The summed E-state index contributed by atoms with van der Waals surface area (Å²) in [6.45, 7) is 6.38. The molecule has 1 fully saturated rings. The second-order valence-corrected chi connectivity index (χ2v) is 12.0. The largest absolute Gasteiger partial charge is 0.496 e. The summed E-state index contributed by atoms with van der Waals surface area (Å²) in [6, 6.07) is 9.79. The van der Waals surface area contributed by atoms with Gasteiger partial charge in [0.15, 0.2) is 0 Å². The van der Waals surface area contributed by atoms with Crippen LogP contribution in [0.4, 0.5) is 0 Å². The summed E-state index contributed by atoms with van der Waals surface area (Å²) in [7, 11) is -4.12. The zero-order chi connectivity index (χ0) is 25.6. The third-order valence-corrected chi connectivity index (χ3v) is 9.62. The molecule has 2 aromatic rings. The van der Waals surface area contributed by atoms with Gasteiger partial charge in [0.25, 0.3) is 0 Å². The smallest absolute Gasteiger partial charge is 0.243 e. The molecule has 35 heavy (non-hydrogen) atoms. The van der Waals surface area contributed by atoms with Crippen LogP contribution in [0.5, 0.6) is 11.5 Å². The van der Waals surface area contributed by atoms with Gasteiger partial charge in [0.05, 0.1) is 24.0 Å². The zero-order valence-corrected chi connectivity index (χ0v) is 22.4. The highest BCUT2D eigenvalue weighted by molar-refractivity contribution is 7.89. The minimum absolute atomic E-state index is 0.206. The Bertz CT molecular complexity index is 1220. The van der Waals surface area contributed by atoms with Crippen LogP contribution in [0.2, 0.25) is 0 Å². The van der Waals surface area contributed by atoms with Crippen LogP contribution in [-0.2, 0) is 32.9 Å². The fraction of sp³-hybridized carbons (Fsp3) is 0.500. The lowest BCUT2D eigenvalue weighted by Gasteiger charge is -2.34. The molecule has 0 amide bonds. The van der Waals surface area contributed by atoms with Crippen LogP contribution in [-0.4, -0.2) is 79.5 Å². The Morgan fingerprint density at radius 1 is 0.800 bits per heavy atom. The highest BCUT2D eigenvalue weighted by Gasteiger charge is 2.29. The SMILES string of the molecule is CCc1cc(S(=O)(=O)NCCN2CCN(S(=O)(=O)c3ccc(OC)c(CC)c3)CC2)ccc1OC. The van der Waals surface area contributed by atoms with E-state index in [2.05, 4.69) is 9.62 Å². The Labute approximate surface area is 209 Å². The Kier molecular flexibility index (Phi) is 9.16. The van der Waals surface area contributed by atoms with Crippen LogP contribution in [0.3, 0.4) is 0 Å². The van der Waals surface area contributed by atoms with Crippen molar-refractivity contribution in [3.8, 4) is 11.5 Å². The van der Waals surface area contributed by atoms with Crippen LogP contribution in [0, 0.1) is 0 Å². The maximum Gasteiger partial charge on any atom is 0.243 e. The van der Waals surface area contributed by atoms with Crippen molar-refractivity contribution in [2.75, 3.05) is 53.5 Å². The number of hydrogen-bond donors (Lipinski definition) is 1. The minimum Gasteiger partial charge on any atom is -0.496 e. The van der Waals surface area contributed by atoms with Gasteiger partial charge in [-0.2, -0.15) is 4.31 Å². The van der Waals surface area contributed by atoms with E-state index in [1.54, 1.807) is 44.6 Å². The van der Waals surface area contributed by atoms with Crippen molar-refractivity contribution in [2.24, 2.45) is 0 Å². The van der Waals surface area contributed by atoms with Gasteiger partial charge in [0, 0.05) is 39.3 Å². The molecule has 0 unspecified atom stereocenters. The van der Waals surface area contributed by atoms with E-state index in [1.165, 1.54) is 10.4 Å². The van der Waals surface area contributed by atoms with Crippen molar-refractivity contribution >= 4 is 20.0 Å². The van der Waals surface area contributed by atoms with Crippen molar-refractivity contribution in [1.29, 1.82) is 0 Å². The molecule has 0 radical (unpaired) electrons. The summed E-state index contributed by atoms with van der Waals surface area (Å²) in [6.07, 6.45) is 1.34. The molecule has 194 valence electrons. The number of methoxy groups -OCH3 is 2. The fourth-order valence-electron chi connectivity index (χ4n) is 4.15. The minimum atomic E-state index is -3.65. The van der Waals surface area contributed by atoms with E-state index < -0.39 is 20.0 Å². The monoisotopic (exact) mass is 525 g/mol. The first kappa shape index (κ1) is 27.4. The Balaban J connectivity index is 1.55. The summed E-state index contributed by atoms with van der Waals surface area (Å²) in [4.78, 5) is 2.53. The molecule has 0 saturated carbocycles. The van der Waals surface area contributed by atoms with Gasteiger partial charge >= 0.3 is 0 Å². The average molecular weight is 526 g/mol. The highest BCUT2D eigenvalue weighted by atomic mass is 32.2. The quantitative estimate of drug-likeness (QED) is 0.479. The van der Waals surface area contributed by atoms with E-state index in [0.29, 0.717) is 57.1 Å². The lowest BCUT2D eigenvalue weighted by molar-refractivity contribution is 0.191. The molecule has 1 heterocycles. The first-order valence-electron chi connectivity index (χ1n) is 11.7. The summed E-state index contributed by atoms with van der Waals surface area (Å²) in [5, 5.41) is 0. The van der Waals surface area contributed by atoms with Crippen LogP contribution >= 0.6 is 0 Å². The number of hydrogen-bond acceptors (Lipinski definition) is 7. The normalized spacial score (nSPS) is 15.8. The molecule has 1 saturated heterocycles. The summed E-state index contributed by atoms with van der Waals surface area (Å²) < 4.78 is 66.4. The molecule has 11 heteroatoms. The molecule has 0 atom stereocenters. The van der Waals surface area contributed by atoms with Crippen LogP contribution in [0.1, 0.15) is 25.0 Å². The molecular weight excluding hydrogens is 490 g/mol. The van der Waals surface area contributed by atoms with Crippen molar-refractivity contribution in [2.45, 2.75) is 36.5 Å². The Morgan fingerprint density at radius 2 is 1.31 bits per heavy atom. The van der Waals surface area contributed by atoms with Gasteiger partial charge in [-0.05, 0) is 60.4 Å². The maximum atomic E-state index is 13.1. The fourth-order valence-corrected chi connectivity index (χ4v) is 6.70. The van der Waals surface area contributed by atoms with E-state index >= 15 is 0 Å². The standard InChI is InChI=1S/C24H35N3O6S2/c1-5-19-17-21(7-9-23(19)32-3)34(28,29)25-11-12-26-13-15-27(16-14-26)35(30,31)22-8-10-24(33-4)20(6-2)18-22/h7-10,17-18,25H,5-6,11-16H2,1-4H3. The van der Waals surface area contributed by atoms with Gasteiger partial charge in [0.2, 0.25) is 20.0 Å². The first-order chi connectivity index (χ1) is 16.7. The molecule has 1 N–H and O–H groups in total. The van der Waals surface area contributed by atoms with Gasteiger partial charge in [-0.3, -0.25) is 4.90 Å². The van der Waals surface area contributed by atoms with Crippen molar-refractivity contribution in [3.63, 3.8) is 0 Å². The predicted molar refractivity (Wildman–Crippen MR) is 135 cm³/mol. The van der Waals surface area contributed by atoms with Crippen LogP contribution in [0.25, 0.3) is 0 Å². The summed E-state index contributed by atoms with van der Waals surface area (Å²) >= 11 is 0. The number of piperazine rings is 1. The van der Waals surface area contributed by atoms with Crippen molar-refractivity contribution in [3.05, 3.63) is 47.5 Å². The van der Waals surface area contributed by atoms with Crippen molar-refractivity contribution in [1.82, 2.24) is 13.9 Å². The third-order valence-electron chi connectivity index (χ3n) is 6.26. The lowest BCUT2D eigenvalue weighted by Crippen LogP contribution is -2.50. The average Bonchev–Trinajstić information content (AvgIpc) is 2.87. The van der Waals surface area contributed by atoms with Crippen LogP contribution < -0.4 is 14.2 Å². The van der Waals surface area contributed by atoms with E-state index in [9.17, 15) is 16.8 Å². The molecule has 2 aromatic carbocycles. The molecule has 1 aliphatic heterocycles. The topological polar surface area (TPSA) is 105 Å². The second kappa shape index (κ2) is 11.7. The molecule has 0 aliphatic carbocycles. The van der Waals surface area contributed by atoms with Gasteiger partial charge < -0.3 is 9.47 Å². The van der Waals surface area contributed by atoms with Gasteiger partial charge in [-0.1, -0.05) is 13.8 Å². The van der Waals surface area contributed by atoms with E-state index in [1.807, 2.05) is 13.8 Å². The molecule has 3 rings (SSSR count). The molecule has 0 aromatic heterocycles. The number of nitrogens with one attached hydrogen (secondary N) is 1. The number of sulfonamides is 2. The summed E-state index contributed by atoms with van der Waals surface area (Å²) in [5.74, 6) is 1.35. The number of rotatable bonds is 11. The third kappa shape index (κ3) is 6.34. The molecular formula is C24H35N3O6S2. The molecule has 1 aliphatic rings. The van der Waals surface area contributed by atoms with E-state index in [-0.39, 0.29) is 16.3 Å². The summed E-state index contributed by atoms with van der Waals surface area (Å²) in [5.41, 5.74) is 1.68. The number of ether oxygens (including phenoxy) is 2. The number of nitrogens with zero attached hydrogens (tertiary/aromatic N) is 2. The predicted octanol–water partition coefficient (Wildman–Crippen LogP) is 2.11. The lowest BCUT2D eigenvalue weighted by atomic mass is 10.1. The van der Waals surface area contributed by atoms with E-state index in [0.717, 1.165) is 11.1 Å². The van der Waals surface area contributed by atoms with Gasteiger partial charge in [-0.25, -0.2) is 21.6 Å². The second-order valence-electron chi connectivity index (χ2n) is 8.30. The molecule has 9 nitrogen and oxygen atoms in total. The first-order valence-corrected chi connectivity index (χ1v) is 14.6. The van der Waals surface area contributed by atoms with E-state index in [4.69, 9.17) is 9.47 Å². The highest BCUT2D eigenvalue weighted by Crippen LogP contribution is 2.26. The van der Waals surface area contributed by atoms with Crippen LogP contribution in [0.15, 0.2) is 46.2 Å². The molecule has 0 spiro atoms. The van der Waals surface area contributed by atoms with Crippen molar-refractivity contribution < 1.29 is 26.3 Å². The van der Waals surface area contributed by atoms with Gasteiger partial charge in [0.1, 0.15) is 11.5 Å². The number of aryl methyl sites for hydroxylation is 2. The Morgan fingerprint density at radius 3 is 1.83 bits per heavy atom.